The highest BCUT2D eigenvalue weighted by atomic mass is 16.5. The second-order valence-corrected chi connectivity index (χ2v) is 10.4. The van der Waals surface area contributed by atoms with Crippen molar-refractivity contribution in [2.75, 3.05) is 7.11 Å². The van der Waals surface area contributed by atoms with Crippen LogP contribution < -0.4 is 10.1 Å². The first kappa shape index (κ1) is 25.3. The number of carbonyl (C=O) groups is 2. The predicted molar refractivity (Wildman–Crippen MR) is 144 cm³/mol. The van der Waals surface area contributed by atoms with Crippen molar-refractivity contribution >= 4 is 22.8 Å². The Morgan fingerprint density at radius 2 is 1.54 bits per heavy atom. The Kier molecular flexibility index (Phi) is 8.07. The van der Waals surface area contributed by atoms with E-state index in [9.17, 15) is 9.59 Å². The molecule has 5 rings (SSSR count). The van der Waals surface area contributed by atoms with E-state index in [0.717, 1.165) is 36.7 Å². The van der Waals surface area contributed by atoms with E-state index in [1.807, 2.05) is 28.8 Å². The third kappa shape index (κ3) is 5.81. The summed E-state index contributed by atoms with van der Waals surface area (Å²) in [5.41, 5.74) is 2.32. The highest BCUT2D eigenvalue weighted by molar-refractivity contribution is 5.94. The summed E-state index contributed by atoms with van der Waals surface area (Å²) in [4.78, 5) is 33.9. The molecule has 2 saturated carbocycles. The molecule has 0 bridgehead atoms. The Balaban J connectivity index is 1.37. The van der Waals surface area contributed by atoms with Crippen LogP contribution in [0.4, 0.5) is 0 Å². The van der Waals surface area contributed by atoms with Gasteiger partial charge in [-0.3, -0.25) is 9.59 Å². The van der Waals surface area contributed by atoms with Crippen LogP contribution in [0, 0.1) is 0 Å². The summed E-state index contributed by atoms with van der Waals surface area (Å²) in [6.45, 7) is 0.501. The molecule has 1 N–H and O–H groups in total. The van der Waals surface area contributed by atoms with Crippen LogP contribution in [0.2, 0.25) is 0 Å². The monoisotopic (exact) mass is 502 g/mol. The fraction of sp³-hybridized carbons (Fsp3) is 0.500. The maximum absolute atomic E-state index is 14.0. The smallest absolute Gasteiger partial charge is 0.251 e. The summed E-state index contributed by atoms with van der Waals surface area (Å²) in [5.74, 6) is 1.41. The topological polar surface area (TPSA) is 76.5 Å². The molecule has 1 heterocycles. The van der Waals surface area contributed by atoms with Crippen molar-refractivity contribution < 1.29 is 14.3 Å². The van der Waals surface area contributed by atoms with Gasteiger partial charge in [-0.2, -0.15) is 0 Å². The van der Waals surface area contributed by atoms with Crippen molar-refractivity contribution in [1.82, 2.24) is 19.8 Å². The Hall–Kier alpha value is -3.35. The average molecular weight is 503 g/mol. The van der Waals surface area contributed by atoms with Gasteiger partial charge in [0, 0.05) is 17.6 Å². The van der Waals surface area contributed by atoms with Crippen LogP contribution in [0.15, 0.2) is 48.5 Å². The molecule has 7 heteroatoms. The number of benzene rings is 2. The quantitative estimate of drug-likeness (QED) is 0.443. The molecule has 0 unspecified atom stereocenters. The first-order chi connectivity index (χ1) is 18.1. The van der Waals surface area contributed by atoms with E-state index in [1.165, 1.54) is 38.5 Å². The number of hydrogen-bond donors (Lipinski definition) is 1. The first-order valence-electron chi connectivity index (χ1n) is 13.8. The number of fused-ring (bicyclic) bond motifs is 1. The first-order valence-corrected chi connectivity index (χ1v) is 13.8. The molecule has 0 atom stereocenters. The zero-order chi connectivity index (χ0) is 25.6. The lowest BCUT2D eigenvalue weighted by molar-refractivity contribution is -0.138. The van der Waals surface area contributed by atoms with Crippen LogP contribution in [0.25, 0.3) is 11.0 Å². The fourth-order valence-electron chi connectivity index (χ4n) is 6.08. The molecule has 0 aliphatic heterocycles. The van der Waals surface area contributed by atoms with Gasteiger partial charge in [0.25, 0.3) is 5.91 Å². The number of ether oxygens (including phenoxy) is 1. The lowest BCUT2D eigenvalue weighted by Crippen LogP contribution is -2.50. The highest BCUT2D eigenvalue weighted by Gasteiger charge is 2.33. The van der Waals surface area contributed by atoms with Crippen molar-refractivity contribution in [2.45, 2.75) is 89.4 Å². The van der Waals surface area contributed by atoms with Crippen molar-refractivity contribution in [3.8, 4) is 5.75 Å². The SMILES string of the molecule is COc1ccc(C(=O)NCc2nc3ccccc3n2CC(=O)N(C2CCCCC2)C2CCCCC2)cc1. The maximum Gasteiger partial charge on any atom is 0.251 e. The van der Waals surface area contributed by atoms with Gasteiger partial charge in [-0.1, -0.05) is 50.7 Å². The number of para-hydroxylation sites is 2. The molecule has 0 radical (unpaired) electrons. The summed E-state index contributed by atoms with van der Waals surface area (Å²) >= 11 is 0. The molecule has 7 nitrogen and oxygen atoms in total. The average Bonchev–Trinajstić information content (AvgIpc) is 3.30. The van der Waals surface area contributed by atoms with Gasteiger partial charge in [-0.15, -0.1) is 0 Å². The van der Waals surface area contributed by atoms with Crippen LogP contribution in [0.5, 0.6) is 5.75 Å². The molecule has 2 fully saturated rings. The molecular weight excluding hydrogens is 464 g/mol. The summed E-state index contributed by atoms with van der Waals surface area (Å²) in [5, 5.41) is 3.00. The molecule has 196 valence electrons. The molecule has 2 aliphatic rings. The van der Waals surface area contributed by atoms with Gasteiger partial charge in [-0.05, 0) is 62.1 Å². The largest absolute Gasteiger partial charge is 0.497 e. The van der Waals surface area contributed by atoms with Crippen molar-refractivity contribution in [1.29, 1.82) is 0 Å². The van der Waals surface area contributed by atoms with Gasteiger partial charge >= 0.3 is 0 Å². The van der Waals surface area contributed by atoms with E-state index >= 15 is 0 Å². The van der Waals surface area contributed by atoms with Crippen molar-refractivity contribution in [2.24, 2.45) is 0 Å². The van der Waals surface area contributed by atoms with Crippen LogP contribution in [0.3, 0.4) is 0 Å². The molecular formula is C30H38N4O3. The fourth-order valence-corrected chi connectivity index (χ4v) is 6.08. The molecule has 2 amide bonds. The number of carbonyl (C=O) groups excluding carboxylic acids is 2. The number of rotatable bonds is 8. The second-order valence-electron chi connectivity index (χ2n) is 10.4. The standard InChI is InChI=1S/C30H38N4O3/c1-37-25-18-16-22(17-19-25)30(36)31-20-28-32-26-14-8-9-15-27(26)33(28)21-29(35)34(23-10-4-2-5-11-23)24-12-6-3-7-13-24/h8-9,14-19,23-24H,2-7,10-13,20-21H2,1H3,(H,31,36). The Morgan fingerprint density at radius 1 is 0.919 bits per heavy atom. The minimum atomic E-state index is -0.182. The van der Waals surface area contributed by atoms with Gasteiger partial charge in [0.05, 0.1) is 24.7 Å². The number of nitrogens with zero attached hydrogens (tertiary/aromatic N) is 3. The van der Waals surface area contributed by atoms with E-state index in [0.29, 0.717) is 29.2 Å². The van der Waals surface area contributed by atoms with E-state index in [2.05, 4.69) is 10.2 Å². The molecule has 0 saturated heterocycles. The van der Waals surface area contributed by atoms with E-state index in [1.54, 1.807) is 31.4 Å². The number of aromatic nitrogens is 2. The van der Waals surface area contributed by atoms with Crippen LogP contribution in [-0.4, -0.2) is 45.5 Å². The Morgan fingerprint density at radius 3 is 2.16 bits per heavy atom. The number of methoxy groups -OCH3 is 1. The molecule has 2 aromatic carbocycles. The second kappa shape index (κ2) is 11.8. The lowest BCUT2D eigenvalue weighted by Gasteiger charge is -2.42. The van der Waals surface area contributed by atoms with Crippen LogP contribution in [-0.2, 0) is 17.9 Å². The number of hydrogen-bond acceptors (Lipinski definition) is 4. The number of imidazole rings is 1. The summed E-state index contributed by atoms with van der Waals surface area (Å²) in [7, 11) is 1.60. The molecule has 2 aliphatic carbocycles. The zero-order valence-corrected chi connectivity index (χ0v) is 21.8. The summed E-state index contributed by atoms with van der Waals surface area (Å²) in [6.07, 6.45) is 11.8. The predicted octanol–water partition coefficient (Wildman–Crippen LogP) is 5.47. The minimum absolute atomic E-state index is 0.182. The van der Waals surface area contributed by atoms with Crippen molar-refractivity contribution in [3.63, 3.8) is 0 Å². The van der Waals surface area contributed by atoms with E-state index in [-0.39, 0.29) is 24.9 Å². The minimum Gasteiger partial charge on any atom is -0.497 e. The normalized spacial score (nSPS) is 17.0. The van der Waals surface area contributed by atoms with Gasteiger partial charge in [-0.25, -0.2) is 4.98 Å². The van der Waals surface area contributed by atoms with Crippen molar-refractivity contribution in [3.05, 3.63) is 59.9 Å². The van der Waals surface area contributed by atoms with E-state index in [4.69, 9.17) is 9.72 Å². The molecule has 0 spiro atoms. The van der Waals surface area contributed by atoms with Gasteiger partial charge in [0.1, 0.15) is 18.1 Å². The summed E-state index contributed by atoms with van der Waals surface area (Å²) < 4.78 is 7.19. The lowest BCUT2D eigenvalue weighted by atomic mass is 9.88. The third-order valence-corrected chi connectivity index (χ3v) is 8.01. The van der Waals surface area contributed by atoms with E-state index < -0.39 is 0 Å². The van der Waals surface area contributed by atoms with Crippen LogP contribution >= 0.6 is 0 Å². The number of nitrogens with one attached hydrogen (secondary N) is 1. The number of amides is 2. The Labute approximate surface area is 219 Å². The van der Waals surface area contributed by atoms with Gasteiger partial charge < -0.3 is 19.5 Å². The van der Waals surface area contributed by atoms with Crippen LogP contribution in [0.1, 0.15) is 80.4 Å². The maximum atomic E-state index is 14.0. The summed E-state index contributed by atoms with van der Waals surface area (Å²) in [6, 6.07) is 15.6. The van der Waals surface area contributed by atoms with Gasteiger partial charge in [0.15, 0.2) is 0 Å². The van der Waals surface area contributed by atoms with Gasteiger partial charge in [0.2, 0.25) is 5.91 Å². The highest BCUT2D eigenvalue weighted by Crippen LogP contribution is 2.31. The zero-order valence-electron chi connectivity index (χ0n) is 21.8. The third-order valence-electron chi connectivity index (χ3n) is 8.01. The Bertz CT molecular complexity index is 1190. The molecule has 37 heavy (non-hydrogen) atoms. The molecule has 3 aromatic rings. The molecule has 1 aromatic heterocycles.